The fraction of sp³-hybridized carbons (Fsp3) is 0.0833. The highest BCUT2D eigenvalue weighted by atomic mass is 32.1. The largest absolute Gasteiger partial charge is 0.494 e. The van der Waals surface area contributed by atoms with Crippen molar-refractivity contribution in [2.45, 2.75) is 12.6 Å². The number of H-pyrrole nitrogens is 1. The molecule has 2 heterocycles. The zero-order chi connectivity index (χ0) is 20.9. The van der Waals surface area contributed by atoms with E-state index in [0.29, 0.717) is 12.0 Å². The Labute approximate surface area is 174 Å². The van der Waals surface area contributed by atoms with Crippen LogP contribution in [0.2, 0.25) is 0 Å². The first-order chi connectivity index (χ1) is 14.4. The maximum atomic E-state index is 13.0. The zero-order valence-corrected chi connectivity index (χ0v) is 16.4. The Morgan fingerprint density at radius 1 is 0.900 bits per heavy atom. The molecule has 0 amide bonds. The standard InChI is InChI=1S/C24H16F3NOS/c25-24(26,27)18-5-1-3-14(9-18)10-19-11-16-4-2-6-20(22(16)30-19)15-7-8-17-13-28-23(29)21(17)12-15/h1-9,11-13,28-29H,10H2. The third kappa shape index (κ3) is 3.33. The Morgan fingerprint density at radius 2 is 1.73 bits per heavy atom. The van der Waals surface area contributed by atoms with Gasteiger partial charge in [-0.15, -0.1) is 11.3 Å². The Balaban J connectivity index is 1.54. The van der Waals surface area contributed by atoms with E-state index < -0.39 is 11.7 Å². The summed E-state index contributed by atoms with van der Waals surface area (Å²) in [7, 11) is 0. The van der Waals surface area contributed by atoms with E-state index in [1.165, 1.54) is 12.1 Å². The van der Waals surface area contributed by atoms with Crippen molar-refractivity contribution in [3.05, 3.63) is 88.9 Å². The molecule has 0 atom stereocenters. The summed E-state index contributed by atoms with van der Waals surface area (Å²) in [5.74, 6) is 0.135. The molecule has 0 aliphatic carbocycles. The molecular formula is C24H16F3NOS. The predicted octanol–water partition coefficient (Wildman–Crippen LogP) is 7.36. The number of benzene rings is 3. The molecule has 5 rings (SSSR count). The fourth-order valence-corrected chi connectivity index (χ4v) is 5.00. The summed E-state index contributed by atoms with van der Waals surface area (Å²) in [4.78, 5) is 3.82. The van der Waals surface area contributed by atoms with Gasteiger partial charge < -0.3 is 10.1 Å². The van der Waals surface area contributed by atoms with Crippen molar-refractivity contribution < 1.29 is 18.3 Å². The second kappa shape index (κ2) is 6.92. The quantitative estimate of drug-likeness (QED) is 0.312. The van der Waals surface area contributed by atoms with Crippen molar-refractivity contribution in [1.82, 2.24) is 4.98 Å². The van der Waals surface area contributed by atoms with Crippen molar-refractivity contribution in [1.29, 1.82) is 0 Å². The van der Waals surface area contributed by atoms with E-state index in [9.17, 15) is 18.3 Å². The van der Waals surface area contributed by atoms with Gasteiger partial charge >= 0.3 is 6.18 Å². The zero-order valence-electron chi connectivity index (χ0n) is 15.6. The smallest absolute Gasteiger partial charge is 0.416 e. The van der Waals surface area contributed by atoms with Crippen LogP contribution in [0.25, 0.3) is 32.0 Å². The molecular weight excluding hydrogens is 407 g/mol. The van der Waals surface area contributed by atoms with Crippen LogP contribution < -0.4 is 0 Å². The van der Waals surface area contributed by atoms with Gasteiger partial charge in [-0.3, -0.25) is 0 Å². The van der Waals surface area contributed by atoms with Crippen LogP contribution in [0.5, 0.6) is 5.88 Å². The van der Waals surface area contributed by atoms with Crippen LogP contribution in [0.15, 0.2) is 72.9 Å². The summed E-state index contributed by atoms with van der Waals surface area (Å²) in [6.07, 6.45) is -2.14. The highest BCUT2D eigenvalue weighted by Crippen LogP contribution is 2.38. The number of alkyl halides is 3. The Morgan fingerprint density at radius 3 is 2.57 bits per heavy atom. The molecule has 0 bridgehead atoms. The maximum absolute atomic E-state index is 13.0. The van der Waals surface area contributed by atoms with E-state index in [1.807, 2.05) is 42.5 Å². The number of thiophene rings is 1. The highest BCUT2D eigenvalue weighted by molar-refractivity contribution is 7.19. The summed E-state index contributed by atoms with van der Waals surface area (Å²) in [5.41, 5.74) is 2.03. The minimum absolute atomic E-state index is 0.135. The molecule has 2 nitrogen and oxygen atoms in total. The average Bonchev–Trinajstić information content (AvgIpc) is 3.30. The lowest BCUT2D eigenvalue weighted by Crippen LogP contribution is -2.05. The molecule has 0 saturated carbocycles. The molecule has 5 aromatic rings. The van der Waals surface area contributed by atoms with Gasteiger partial charge in [0.2, 0.25) is 0 Å². The third-order valence-corrected chi connectivity index (χ3v) is 6.40. The third-order valence-electron chi connectivity index (χ3n) is 5.21. The molecule has 0 aliphatic rings. The molecule has 0 unspecified atom stereocenters. The molecule has 0 radical (unpaired) electrons. The Hall–Kier alpha value is -3.25. The summed E-state index contributed by atoms with van der Waals surface area (Å²) in [6.45, 7) is 0. The van der Waals surface area contributed by atoms with Crippen LogP contribution in [0.3, 0.4) is 0 Å². The van der Waals surface area contributed by atoms with Crippen LogP contribution in [0.1, 0.15) is 16.0 Å². The maximum Gasteiger partial charge on any atom is 0.416 e. The summed E-state index contributed by atoms with van der Waals surface area (Å²) in [5, 5.41) is 12.7. The fourth-order valence-electron chi connectivity index (χ4n) is 3.77. The normalized spacial score (nSPS) is 12.1. The van der Waals surface area contributed by atoms with Gasteiger partial charge in [-0.25, -0.2) is 0 Å². The predicted molar refractivity (Wildman–Crippen MR) is 115 cm³/mol. The second-order valence-electron chi connectivity index (χ2n) is 7.25. The average molecular weight is 423 g/mol. The van der Waals surface area contributed by atoms with Crippen LogP contribution in [-0.2, 0) is 12.6 Å². The SMILES string of the molecule is Oc1[nH]cc2ccc(-c3cccc4cc(Cc5cccc(C(F)(F)F)c5)sc34)cc12. The summed E-state index contributed by atoms with van der Waals surface area (Å²) >= 11 is 1.59. The van der Waals surface area contributed by atoms with Gasteiger partial charge in [-0.1, -0.05) is 48.5 Å². The Bertz CT molecular complexity index is 1380. The van der Waals surface area contributed by atoms with Gasteiger partial charge in [-0.2, -0.15) is 13.2 Å². The van der Waals surface area contributed by atoms with Gasteiger partial charge in [0.25, 0.3) is 0 Å². The Kier molecular flexibility index (Phi) is 4.33. The summed E-state index contributed by atoms with van der Waals surface area (Å²) < 4.78 is 40.1. The lowest BCUT2D eigenvalue weighted by molar-refractivity contribution is -0.137. The number of hydrogen-bond donors (Lipinski definition) is 2. The van der Waals surface area contributed by atoms with Crippen LogP contribution >= 0.6 is 11.3 Å². The molecule has 150 valence electrons. The number of aromatic amines is 1. The van der Waals surface area contributed by atoms with Crippen molar-refractivity contribution >= 4 is 32.2 Å². The van der Waals surface area contributed by atoms with Crippen LogP contribution in [0, 0.1) is 0 Å². The summed E-state index contributed by atoms with van der Waals surface area (Å²) in [6, 6.07) is 19.5. The highest BCUT2D eigenvalue weighted by Gasteiger charge is 2.30. The van der Waals surface area contributed by atoms with Gasteiger partial charge in [0.15, 0.2) is 5.88 Å². The van der Waals surface area contributed by atoms with E-state index in [2.05, 4.69) is 4.98 Å². The van der Waals surface area contributed by atoms with Gasteiger partial charge in [0.05, 0.1) is 5.56 Å². The molecule has 2 N–H and O–H groups in total. The number of hydrogen-bond acceptors (Lipinski definition) is 2. The second-order valence-corrected chi connectivity index (χ2v) is 8.39. The molecule has 6 heteroatoms. The van der Waals surface area contributed by atoms with E-state index in [0.717, 1.165) is 42.9 Å². The number of halogens is 3. The van der Waals surface area contributed by atoms with Crippen LogP contribution in [-0.4, -0.2) is 10.1 Å². The van der Waals surface area contributed by atoms with Crippen molar-refractivity contribution in [2.24, 2.45) is 0 Å². The molecule has 0 saturated heterocycles. The molecule has 0 fully saturated rings. The lowest BCUT2D eigenvalue weighted by atomic mass is 10.0. The first-order valence-electron chi connectivity index (χ1n) is 9.36. The van der Waals surface area contributed by atoms with E-state index in [1.54, 1.807) is 23.6 Å². The minimum atomic E-state index is -4.34. The number of nitrogens with one attached hydrogen (secondary N) is 1. The molecule has 30 heavy (non-hydrogen) atoms. The first-order valence-corrected chi connectivity index (χ1v) is 10.2. The van der Waals surface area contributed by atoms with E-state index in [-0.39, 0.29) is 5.88 Å². The van der Waals surface area contributed by atoms with Crippen molar-refractivity contribution in [2.75, 3.05) is 0 Å². The lowest BCUT2D eigenvalue weighted by Gasteiger charge is -2.08. The van der Waals surface area contributed by atoms with E-state index >= 15 is 0 Å². The number of aromatic nitrogens is 1. The molecule has 3 aromatic carbocycles. The molecule has 2 aromatic heterocycles. The monoisotopic (exact) mass is 423 g/mol. The van der Waals surface area contributed by atoms with Crippen molar-refractivity contribution in [3.8, 4) is 17.0 Å². The number of aromatic hydroxyl groups is 1. The topological polar surface area (TPSA) is 36.0 Å². The molecule has 0 aliphatic heterocycles. The number of rotatable bonds is 3. The first kappa shape index (κ1) is 18.8. The van der Waals surface area contributed by atoms with Crippen LogP contribution in [0.4, 0.5) is 13.2 Å². The number of fused-ring (bicyclic) bond motifs is 2. The van der Waals surface area contributed by atoms with Gasteiger partial charge in [0, 0.05) is 33.0 Å². The van der Waals surface area contributed by atoms with Crippen molar-refractivity contribution in [3.63, 3.8) is 0 Å². The van der Waals surface area contributed by atoms with Gasteiger partial charge in [-0.05, 0) is 40.3 Å². The minimum Gasteiger partial charge on any atom is -0.494 e. The van der Waals surface area contributed by atoms with E-state index in [4.69, 9.17) is 0 Å². The molecule has 0 spiro atoms. The van der Waals surface area contributed by atoms with Gasteiger partial charge in [0.1, 0.15) is 0 Å².